The molecule has 1 heterocycles. The minimum Gasteiger partial charge on any atom is -0.371 e. The molecule has 1 saturated heterocycles. The van der Waals surface area contributed by atoms with Gasteiger partial charge in [0.15, 0.2) is 5.96 Å². The molecule has 1 atom stereocenters. The summed E-state index contributed by atoms with van der Waals surface area (Å²) >= 11 is 3.54. The average Bonchev–Trinajstić information content (AvgIpc) is 2.92. The fourth-order valence-electron chi connectivity index (χ4n) is 3.12. The van der Waals surface area contributed by atoms with E-state index in [4.69, 9.17) is 5.73 Å². The van der Waals surface area contributed by atoms with Gasteiger partial charge < -0.3 is 16.0 Å². The molecule has 1 unspecified atom stereocenters. The minimum absolute atomic E-state index is 0. The van der Waals surface area contributed by atoms with Gasteiger partial charge in [0.05, 0.1) is 0 Å². The molecule has 3 N–H and O–H groups in total. The number of anilines is 1. The van der Waals surface area contributed by atoms with Crippen LogP contribution < -0.4 is 16.0 Å². The lowest BCUT2D eigenvalue weighted by Crippen LogP contribution is -2.37. The molecule has 0 radical (unpaired) electrons. The molecule has 6 heteroatoms. The number of nitrogens with two attached hydrogens (primary N) is 1. The second kappa shape index (κ2) is 9.11. The van der Waals surface area contributed by atoms with Crippen LogP contribution in [-0.2, 0) is 0 Å². The molecule has 4 nitrogen and oxygen atoms in total. The summed E-state index contributed by atoms with van der Waals surface area (Å²) in [6.07, 6.45) is 5.23. The van der Waals surface area contributed by atoms with Crippen molar-refractivity contribution < 1.29 is 0 Å². The van der Waals surface area contributed by atoms with Crippen molar-refractivity contribution >= 4 is 51.6 Å². The molecule has 0 spiro atoms. The largest absolute Gasteiger partial charge is 0.371 e. The molecule has 0 bridgehead atoms. The first-order valence-electron chi connectivity index (χ1n) is 8.25. The Bertz CT molecular complexity index is 533. The number of benzene rings is 1. The van der Waals surface area contributed by atoms with E-state index in [1.807, 2.05) is 0 Å². The number of hydrogen-bond acceptors (Lipinski definition) is 2. The molecule has 1 aromatic rings. The van der Waals surface area contributed by atoms with Gasteiger partial charge in [0.1, 0.15) is 0 Å². The third-order valence-electron chi connectivity index (χ3n) is 4.78. The Balaban J connectivity index is 0.00000192. The van der Waals surface area contributed by atoms with Gasteiger partial charge in [0, 0.05) is 36.3 Å². The number of nitrogens with zero attached hydrogens (tertiary/aromatic N) is 2. The number of nitrogens with one attached hydrogen (secondary N) is 1. The van der Waals surface area contributed by atoms with Gasteiger partial charge >= 0.3 is 0 Å². The second-order valence-corrected chi connectivity index (χ2v) is 7.40. The minimum atomic E-state index is 0. The fourth-order valence-corrected chi connectivity index (χ4v) is 3.51. The Morgan fingerprint density at radius 3 is 2.83 bits per heavy atom. The van der Waals surface area contributed by atoms with Crippen LogP contribution >= 0.6 is 39.9 Å². The molecule has 128 valence electrons. The quantitative estimate of drug-likeness (QED) is 0.375. The van der Waals surface area contributed by atoms with Crippen LogP contribution in [0.15, 0.2) is 33.7 Å². The SMILES string of the molecule is I.NC(=NCC1CCN(c2cccc(Br)c2)C1)NCC1CCC1. The average molecular weight is 493 g/mol. The van der Waals surface area contributed by atoms with E-state index in [-0.39, 0.29) is 24.0 Å². The summed E-state index contributed by atoms with van der Waals surface area (Å²) in [6, 6.07) is 8.51. The van der Waals surface area contributed by atoms with Gasteiger partial charge in [-0.1, -0.05) is 28.4 Å². The van der Waals surface area contributed by atoms with E-state index < -0.39 is 0 Å². The van der Waals surface area contributed by atoms with Crippen molar-refractivity contribution in [3.63, 3.8) is 0 Å². The van der Waals surface area contributed by atoms with Gasteiger partial charge in [0.25, 0.3) is 0 Å². The standard InChI is InChI=1S/C17H25BrN4.HI/c18-15-5-2-6-16(9-15)22-8-7-14(12-22)11-21-17(19)20-10-13-3-1-4-13;/h2,5-6,9,13-14H,1,3-4,7-8,10-12H2,(H3,19,20,21);1H. The first-order valence-corrected chi connectivity index (χ1v) is 9.04. The van der Waals surface area contributed by atoms with Crippen LogP contribution in [0.4, 0.5) is 5.69 Å². The first-order chi connectivity index (χ1) is 10.7. The Hall–Kier alpha value is -0.500. The summed E-state index contributed by atoms with van der Waals surface area (Å²) in [7, 11) is 0. The molecule has 2 fully saturated rings. The molecule has 1 aliphatic heterocycles. The Morgan fingerprint density at radius 2 is 2.13 bits per heavy atom. The smallest absolute Gasteiger partial charge is 0.188 e. The highest BCUT2D eigenvalue weighted by Gasteiger charge is 2.22. The fraction of sp³-hybridized carbons (Fsp3) is 0.588. The highest BCUT2D eigenvalue weighted by molar-refractivity contribution is 14.0. The molecule has 2 aliphatic rings. The maximum atomic E-state index is 5.96. The number of rotatable bonds is 5. The molecular formula is C17H26BrIN4. The molecule has 1 saturated carbocycles. The van der Waals surface area contributed by atoms with Gasteiger partial charge in [-0.3, -0.25) is 4.99 Å². The number of guanidine groups is 1. The lowest BCUT2D eigenvalue weighted by atomic mass is 9.85. The van der Waals surface area contributed by atoms with Gasteiger partial charge in [-0.05, 0) is 49.3 Å². The van der Waals surface area contributed by atoms with Crippen LogP contribution in [0.3, 0.4) is 0 Å². The molecule has 3 rings (SSSR count). The zero-order valence-electron chi connectivity index (χ0n) is 13.4. The second-order valence-electron chi connectivity index (χ2n) is 6.48. The van der Waals surface area contributed by atoms with E-state index in [1.165, 1.54) is 31.4 Å². The van der Waals surface area contributed by atoms with Crippen molar-refractivity contribution in [2.24, 2.45) is 22.6 Å². The number of aliphatic imine (C=N–C) groups is 1. The molecule has 0 amide bonds. The van der Waals surface area contributed by atoms with Gasteiger partial charge in [0.2, 0.25) is 0 Å². The van der Waals surface area contributed by atoms with E-state index in [0.29, 0.717) is 11.9 Å². The van der Waals surface area contributed by atoms with Crippen molar-refractivity contribution in [2.45, 2.75) is 25.7 Å². The highest BCUT2D eigenvalue weighted by Crippen LogP contribution is 2.26. The van der Waals surface area contributed by atoms with E-state index in [2.05, 4.69) is 55.4 Å². The van der Waals surface area contributed by atoms with E-state index in [9.17, 15) is 0 Å². The topological polar surface area (TPSA) is 53.6 Å². The maximum absolute atomic E-state index is 5.96. The predicted octanol–water partition coefficient (Wildman–Crippen LogP) is 3.60. The van der Waals surface area contributed by atoms with Crippen molar-refractivity contribution in [2.75, 3.05) is 31.1 Å². The summed E-state index contributed by atoms with van der Waals surface area (Å²) in [4.78, 5) is 6.96. The molecule has 23 heavy (non-hydrogen) atoms. The monoisotopic (exact) mass is 492 g/mol. The Morgan fingerprint density at radius 1 is 1.30 bits per heavy atom. The van der Waals surface area contributed by atoms with E-state index in [0.717, 1.165) is 36.6 Å². The van der Waals surface area contributed by atoms with Crippen molar-refractivity contribution in [3.05, 3.63) is 28.7 Å². The normalized spacial score (nSPS) is 21.7. The summed E-state index contributed by atoms with van der Waals surface area (Å²) < 4.78 is 1.14. The molecular weight excluding hydrogens is 467 g/mol. The van der Waals surface area contributed by atoms with Crippen LogP contribution in [0, 0.1) is 11.8 Å². The first kappa shape index (κ1) is 18.8. The van der Waals surface area contributed by atoms with Crippen LogP contribution in [0.2, 0.25) is 0 Å². The summed E-state index contributed by atoms with van der Waals surface area (Å²) in [5, 5.41) is 3.27. The zero-order valence-corrected chi connectivity index (χ0v) is 17.3. The van der Waals surface area contributed by atoms with Crippen LogP contribution in [-0.4, -0.2) is 32.1 Å². The molecule has 1 aliphatic carbocycles. The van der Waals surface area contributed by atoms with Crippen molar-refractivity contribution in [3.8, 4) is 0 Å². The summed E-state index contributed by atoms with van der Waals surface area (Å²) in [5.41, 5.74) is 7.25. The third-order valence-corrected chi connectivity index (χ3v) is 5.27. The Kier molecular flexibility index (Phi) is 7.46. The zero-order chi connectivity index (χ0) is 15.4. The number of hydrogen-bond donors (Lipinski definition) is 2. The number of halogens is 2. The van der Waals surface area contributed by atoms with E-state index >= 15 is 0 Å². The summed E-state index contributed by atoms with van der Waals surface area (Å²) in [6.45, 7) is 3.99. The van der Waals surface area contributed by atoms with Crippen LogP contribution in [0.1, 0.15) is 25.7 Å². The molecule has 0 aromatic heterocycles. The van der Waals surface area contributed by atoms with Gasteiger partial charge in [-0.15, -0.1) is 24.0 Å². The summed E-state index contributed by atoms with van der Waals surface area (Å²) in [5.74, 6) is 2.03. The Labute approximate surface area is 164 Å². The third kappa shape index (κ3) is 5.52. The van der Waals surface area contributed by atoms with E-state index in [1.54, 1.807) is 0 Å². The van der Waals surface area contributed by atoms with Crippen LogP contribution in [0.25, 0.3) is 0 Å². The lowest BCUT2D eigenvalue weighted by Gasteiger charge is -2.25. The lowest BCUT2D eigenvalue weighted by molar-refractivity contribution is 0.315. The van der Waals surface area contributed by atoms with Gasteiger partial charge in [-0.25, -0.2) is 0 Å². The molecule has 1 aromatic carbocycles. The van der Waals surface area contributed by atoms with Gasteiger partial charge in [-0.2, -0.15) is 0 Å². The van der Waals surface area contributed by atoms with Crippen LogP contribution in [0.5, 0.6) is 0 Å². The van der Waals surface area contributed by atoms with Crippen molar-refractivity contribution in [1.82, 2.24) is 5.32 Å². The maximum Gasteiger partial charge on any atom is 0.188 e. The predicted molar refractivity (Wildman–Crippen MR) is 112 cm³/mol. The van der Waals surface area contributed by atoms with Crippen molar-refractivity contribution in [1.29, 1.82) is 0 Å². The highest BCUT2D eigenvalue weighted by atomic mass is 127.